The second kappa shape index (κ2) is 5.54. The summed E-state index contributed by atoms with van der Waals surface area (Å²) in [5.41, 5.74) is 0.491. The number of esters is 1. The molecule has 23 heavy (non-hydrogen) atoms. The molecule has 8 heteroatoms. The highest BCUT2D eigenvalue weighted by Crippen LogP contribution is 2.29. The van der Waals surface area contributed by atoms with Gasteiger partial charge < -0.3 is 9.30 Å². The fourth-order valence-corrected chi connectivity index (χ4v) is 3.97. The minimum absolute atomic E-state index is 0.0150. The Balaban J connectivity index is 1.69. The summed E-state index contributed by atoms with van der Waals surface area (Å²) < 4.78 is 32.0. The van der Waals surface area contributed by atoms with Crippen molar-refractivity contribution in [3.63, 3.8) is 0 Å². The summed E-state index contributed by atoms with van der Waals surface area (Å²) in [5.74, 6) is -1.17. The van der Waals surface area contributed by atoms with Gasteiger partial charge in [0.2, 0.25) is 0 Å². The number of benzene rings is 1. The molecule has 0 atom stereocenters. The lowest BCUT2D eigenvalue weighted by Gasteiger charge is -2.15. The first-order valence-corrected chi connectivity index (χ1v) is 8.31. The van der Waals surface area contributed by atoms with E-state index in [0.717, 1.165) is 4.31 Å². The number of aromatic nitrogens is 1. The molecule has 0 bridgehead atoms. The standard InChI is InChI=1S/C15H14N2O5S/c1-16-8-4-6-12(16)15(19)22-10-9-17-14(18)11-5-2-3-7-13(11)23(17,20)21/h2-8H,9-10H2,1H3. The number of rotatable bonds is 4. The van der Waals surface area contributed by atoms with Crippen LogP contribution in [0.1, 0.15) is 20.8 Å². The van der Waals surface area contributed by atoms with Crippen molar-refractivity contribution >= 4 is 21.9 Å². The number of amides is 1. The smallest absolute Gasteiger partial charge is 0.354 e. The molecule has 120 valence electrons. The normalized spacial score (nSPS) is 15.5. The van der Waals surface area contributed by atoms with Crippen LogP contribution in [0.3, 0.4) is 0 Å². The van der Waals surface area contributed by atoms with Crippen LogP contribution in [0.5, 0.6) is 0 Å². The number of nitrogens with zero attached hydrogens (tertiary/aromatic N) is 2. The van der Waals surface area contributed by atoms with Gasteiger partial charge in [0, 0.05) is 13.2 Å². The monoisotopic (exact) mass is 334 g/mol. The van der Waals surface area contributed by atoms with Crippen LogP contribution >= 0.6 is 0 Å². The highest BCUT2D eigenvalue weighted by Gasteiger charge is 2.40. The molecule has 1 aromatic carbocycles. The van der Waals surface area contributed by atoms with Crippen LogP contribution in [0, 0.1) is 0 Å². The number of hydrogen-bond donors (Lipinski definition) is 0. The third kappa shape index (κ3) is 2.50. The van der Waals surface area contributed by atoms with Crippen molar-refractivity contribution in [2.75, 3.05) is 13.2 Å². The second-order valence-electron chi connectivity index (χ2n) is 5.02. The molecular weight excluding hydrogens is 320 g/mol. The first-order valence-electron chi connectivity index (χ1n) is 6.87. The van der Waals surface area contributed by atoms with E-state index in [0.29, 0.717) is 5.69 Å². The average Bonchev–Trinajstić information content (AvgIpc) is 3.03. The van der Waals surface area contributed by atoms with Gasteiger partial charge in [-0.25, -0.2) is 17.5 Å². The molecule has 0 spiro atoms. The number of carbonyl (C=O) groups is 2. The Morgan fingerprint density at radius 1 is 1.17 bits per heavy atom. The van der Waals surface area contributed by atoms with Gasteiger partial charge in [-0.05, 0) is 24.3 Å². The first-order chi connectivity index (χ1) is 10.9. The second-order valence-corrected chi connectivity index (χ2v) is 6.85. The van der Waals surface area contributed by atoms with Crippen molar-refractivity contribution in [1.29, 1.82) is 0 Å². The maximum absolute atomic E-state index is 12.3. The van der Waals surface area contributed by atoms with E-state index in [9.17, 15) is 18.0 Å². The van der Waals surface area contributed by atoms with Crippen LogP contribution in [-0.4, -0.2) is 42.3 Å². The third-order valence-electron chi connectivity index (χ3n) is 3.59. The highest BCUT2D eigenvalue weighted by atomic mass is 32.2. The highest BCUT2D eigenvalue weighted by molar-refractivity contribution is 7.90. The Labute approximate surface area is 133 Å². The predicted molar refractivity (Wildman–Crippen MR) is 80.4 cm³/mol. The van der Waals surface area contributed by atoms with Crippen molar-refractivity contribution in [3.8, 4) is 0 Å². The van der Waals surface area contributed by atoms with Crippen molar-refractivity contribution in [1.82, 2.24) is 8.87 Å². The fourth-order valence-electron chi connectivity index (χ4n) is 2.42. The van der Waals surface area contributed by atoms with Crippen LogP contribution in [0.15, 0.2) is 47.5 Å². The maximum atomic E-state index is 12.3. The molecule has 3 rings (SSSR count). The van der Waals surface area contributed by atoms with E-state index < -0.39 is 21.9 Å². The van der Waals surface area contributed by atoms with Gasteiger partial charge in [0.25, 0.3) is 15.9 Å². The molecule has 0 saturated heterocycles. The topological polar surface area (TPSA) is 85.7 Å². The van der Waals surface area contributed by atoms with Crippen LogP contribution in [-0.2, 0) is 21.8 Å². The van der Waals surface area contributed by atoms with Crippen LogP contribution in [0.25, 0.3) is 0 Å². The van der Waals surface area contributed by atoms with Crippen molar-refractivity contribution in [3.05, 3.63) is 53.9 Å². The van der Waals surface area contributed by atoms with Gasteiger partial charge in [-0.2, -0.15) is 0 Å². The summed E-state index contributed by atoms with van der Waals surface area (Å²) in [6.07, 6.45) is 1.70. The van der Waals surface area contributed by atoms with Crippen LogP contribution in [0.2, 0.25) is 0 Å². The van der Waals surface area contributed by atoms with Crippen molar-refractivity contribution in [2.24, 2.45) is 7.05 Å². The molecule has 0 N–H and O–H groups in total. The zero-order valence-electron chi connectivity index (χ0n) is 12.3. The van der Waals surface area contributed by atoms with E-state index in [-0.39, 0.29) is 23.6 Å². The summed E-state index contributed by atoms with van der Waals surface area (Å²) in [6, 6.07) is 9.30. The van der Waals surface area contributed by atoms with Gasteiger partial charge in [-0.1, -0.05) is 12.1 Å². The molecular formula is C15H14N2O5S. The molecule has 0 radical (unpaired) electrons. The number of aryl methyl sites for hydroxylation is 1. The van der Waals surface area contributed by atoms with E-state index in [2.05, 4.69) is 0 Å². The zero-order chi connectivity index (χ0) is 16.6. The SMILES string of the molecule is Cn1cccc1C(=O)OCCN1C(=O)c2ccccc2S1(=O)=O. The lowest BCUT2D eigenvalue weighted by molar-refractivity contribution is 0.0467. The molecule has 0 fully saturated rings. The summed E-state index contributed by atoms with van der Waals surface area (Å²) >= 11 is 0. The minimum Gasteiger partial charge on any atom is -0.459 e. The molecule has 0 unspecified atom stereocenters. The van der Waals surface area contributed by atoms with Crippen molar-refractivity contribution < 1.29 is 22.7 Å². The number of sulfonamides is 1. The third-order valence-corrected chi connectivity index (χ3v) is 5.43. The lowest BCUT2D eigenvalue weighted by atomic mass is 10.2. The van der Waals surface area contributed by atoms with Crippen LogP contribution in [0.4, 0.5) is 0 Å². The van der Waals surface area contributed by atoms with Gasteiger partial charge >= 0.3 is 5.97 Å². The van der Waals surface area contributed by atoms with E-state index in [4.69, 9.17) is 4.74 Å². The molecule has 2 heterocycles. The summed E-state index contributed by atoms with van der Waals surface area (Å²) in [6.45, 7) is -0.422. The zero-order valence-corrected chi connectivity index (χ0v) is 13.1. The number of carbonyl (C=O) groups excluding carboxylic acids is 2. The maximum Gasteiger partial charge on any atom is 0.354 e. The Hall–Kier alpha value is -2.61. The molecule has 2 aromatic rings. The van der Waals surface area contributed by atoms with E-state index in [1.165, 1.54) is 12.1 Å². The average molecular weight is 334 g/mol. The molecule has 1 amide bonds. The van der Waals surface area contributed by atoms with E-state index >= 15 is 0 Å². The molecule has 7 nitrogen and oxygen atoms in total. The molecule has 0 aliphatic carbocycles. The quantitative estimate of drug-likeness (QED) is 0.780. The Morgan fingerprint density at radius 3 is 2.57 bits per heavy atom. The van der Waals surface area contributed by atoms with E-state index in [1.54, 1.807) is 42.1 Å². The first kappa shape index (κ1) is 15.3. The largest absolute Gasteiger partial charge is 0.459 e. The summed E-state index contributed by atoms with van der Waals surface area (Å²) in [5, 5.41) is 0. The predicted octanol–water partition coefficient (Wildman–Crippen LogP) is 1.03. The lowest BCUT2D eigenvalue weighted by Crippen LogP contribution is -2.33. The number of ether oxygens (including phenoxy) is 1. The van der Waals surface area contributed by atoms with Crippen LogP contribution < -0.4 is 0 Å². The van der Waals surface area contributed by atoms with Crippen molar-refractivity contribution in [2.45, 2.75) is 4.90 Å². The van der Waals surface area contributed by atoms with Gasteiger partial charge in [0.05, 0.1) is 12.1 Å². The molecule has 1 aliphatic rings. The van der Waals surface area contributed by atoms with Gasteiger partial charge in [-0.15, -0.1) is 0 Å². The summed E-state index contributed by atoms with van der Waals surface area (Å²) in [7, 11) is -2.17. The minimum atomic E-state index is -3.87. The molecule has 0 saturated carbocycles. The Morgan fingerprint density at radius 2 is 1.91 bits per heavy atom. The van der Waals surface area contributed by atoms with E-state index in [1.807, 2.05) is 0 Å². The number of hydrogen-bond acceptors (Lipinski definition) is 5. The Kier molecular flexibility index (Phi) is 3.69. The fraction of sp³-hybridized carbons (Fsp3) is 0.200. The summed E-state index contributed by atoms with van der Waals surface area (Å²) in [4.78, 5) is 24.0. The Bertz CT molecular complexity index is 885. The van der Waals surface area contributed by atoms with Gasteiger partial charge in [0.1, 0.15) is 17.2 Å². The molecule has 1 aliphatic heterocycles. The van der Waals surface area contributed by atoms with Gasteiger partial charge in [0.15, 0.2) is 0 Å². The molecule has 1 aromatic heterocycles. The number of fused-ring (bicyclic) bond motifs is 1. The van der Waals surface area contributed by atoms with Gasteiger partial charge in [-0.3, -0.25) is 4.79 Å².